The predicted octanol–water partition coefficient (Wildman–Crippen LogP) is 4.70. The maximum Gasteiger partial charge on any atom is 0.248 e. The van der Waals surface area contributed by atoms with E-state index in [4.69, 9.17) is 5.73 Å². The number of hydrogen-bond acceptors (Lipinski definition) is 1. The number of primary amides is 1. The van der Waals surface area contributed by atoms with Crippen LogP contribution in [0.5, 0.6) is 0 Å². The van der Waals surface area contributed by atoms with E-state index >= 15 is 0 Å². The van der Waals surface area contributed by atoms with E-state index in [0.29, 0.717) is 17.4 Å². The van der Waals surface area contributed by atoms with Gasteiger partial charge in [-0.1, -0.05) is 58.0 Å². The first kappa shape index (κ1) is 15.3. The second-order valence-corrected chi connectivity index (χ2v) is 6.06. The van der Waals surface area contributed by atoms with Crippen LogP contribution in [0.4, 0.5) is 0 Å². The second kappa shape index (κ2) is 6.13. The molecule has 2 nitrogen and oxygen atoms in total. The van der Waals surface area contributed by atoms with E-state index in [-0.39, 0.29) is 5.91 Å². The summed E-state index contributed by atoms with van der Waals surface area (Å²) in [6.45, 7) is 8.84. The summed E-state index contributed by atoms with van der Waals surface area (Å²) in [7, 11) is 0. The lowest BCUT2D eigenvalue weighted by Gasteiger charge is -2.20. The van der Waals surface area contributed by atoms with Gasteiger partial charge < -0.3 is 5.73 Å². The summed E-state index contributed by atoms with van der Waals surface area (Å²) in [5.41, 5.74) is 11.0. The van der Waals surface area contributed by atoms with Crippen molar-refractivity contribution in [1.29, 1.82) is 0 Å². The first-order chi connectivity index (χ1) is 9.91. The van der Waals surface area contributed by atoms with Crippen LogP contribution < -0.4 is 5.73 Å². The number of carbonyl (C=O) groups is 1. The van der Waals surface area contributed by atoms with Crippen LogP contribution >= 0.6 is 0 Å². The summed E-state index contributed by atoms with van der Waals surface area (Å²) in [6.07, 6.45) is 0. The van der Waals surface area contributed by atoms with Crippen molar-refractivity contribution in [3.8, 4) is 11.1 Å². The lowest BCUT2D eigenvalue weighted by Crippen LogP contribution is -2.10. The Morgan fingerprint density at radius 3 is 1.71 bits per heavy atom. The molecule has 21 heavy (non-hydrogen) atoms. The van der Waals surface area contributed by atoms with Gasteiger partial charge in [-0.3, -0.25) is 4.79 Å². The van der Waals surface area contributed by atoms with Crippen molar-refractivity contribution in [2.75, 3.05) is 0 Å². The molecule has 2 rings (SSSR count). The highest BCUT2D eigenvalue weighted by Crippen LogP contribution is 2.36. The van der Waals surface area contributed by atoms with Crippen LogP contribution in [-0.2, 0) is 0 Å². The molecule has 2 aromatic carbocycles. The van der Waals surface area contributed by atoms with Gasteiger partial charge in [0, 0.05) is 5.56 Å². The summed E-state index contributed by atoms with van der Waals surface area (Å²) in [6, 6.07) is 14.1. The van der Waals surface area contributed by atoms with Crippen molar-refractivity contribution in [2.24, 2.45) is 5.73 Å². The highest BCUT2D eigenvalue weighted by Gasteiger charge is 2.15. The Kier molecular flexibility index (Phi) is 4.46. The lowest BCUT2D eigenvalue weighted by molar-refractivity contribution is 0.100. The maximum absolute atomic E-state index is 11.2. The Bertz CT molecular complexity index is 613. The van der Waals surface area contributed by atoms with Gasteiger partial charge in [0.1, 0.15) is 0 Å². The molecule has 0 radical (unpaired) electrons. The van der Waals surface area contributed by atoms with Gasteiger partial charge in [0.25, 0.3) is 0 Å². The standard InChI is InChI=1S/C19H23NO/c1-12(2)16-6-5-7-17(13(3)4)18(16)14-8-10-15(11-9-14)19(20)21/h5-13H,1-4H3,(H2,20,21). The van der Waals surface area contributed by atoms with Crippen LogP contribution in [0.15, 0.2) is 42.5 Å². The average molecular weight is 281 g/mol. The number of benzene rings is 2. The number of hydrogen-bond donors (Lipinski definition) is 1. The van der Waals surface area contributed by atoms with Crippen LogP contribution in [0.3, 0.4) is 0 Å². The topological polar surface area (TPSA) is 43.1 Å². The molecule has 0 spiro atoms. The largest absolute Gasteiger partial charge is 0.366 e. The molecule has 0 heterocycles. The molecule has 0 unspecified atom stereocenters. The van der Waals surface area contributed by atoms with Crippen molar-refractivity contribution >= 4 is 5.91 Å². The van der Waals surface area contributed by atoms with E-state index in [0.717, 1.165) is 5.56 Å². The minimum atomic E-state index is -0.386. The van der Waals surface area contributed by atoms with E-state index in [1.165, 1.54) is 16.7 Å². The molecule has 2 N–H and O–H groups in total. The van der Waals surface area contributed by atoms with Crippen molar-refractivity contribution in [2.45, 2.75) is 39.5 Å². The lowest BCUT2D eigenvalue weighted by atomic mass is 9.85. The molecule has 0 fully saturated rings. The molecule has 0 saturated carbocycles. The van der Waals surface area contributed by atoms with Gasteiger partial charge in [0.2, 0.25) is 5.91 Å². The van der Waals surface area contributed by atoms with E-state index < -0.39 is 0 Å². The third-order valence-electron chi connectivity index (χ3n) is 3.83. The maximum atomic E-state index is 11.2. The fourth-order valence-electron chi connectivity index (χ4n) is 2.69. The number of amides is 1. The van der Waals surface area contributed by atoms with E-state index in [9.17, 15) is 4.79 Å². The smallest absolute Gasteiger partial charge is 0.248 e. The quantitative estimate of drug-likeness (QED) is 0.867. The van der Waals surface area contributed by atoms with Crippen LogP contribution in [0.1, 0.15) is 61.0 Å². The molecule has 2 aromatic rings. The molecule has 0 bridgehead atoms. The Morgan fingerprint density at radius 1 is 0.857 bits per heavy atom. The zero-order valence-electron chi connectivity index (χ0n) is 13.2. The zero-order chi connectivity index (χ0) is 15.6. The number of nitrogens with two attached hydrogens (primary N) is 1. The number of carbonyl (C=O) groups excluding carboxylic acids is 1. The first-order valence-electron chi connectivity index (χ1n) is 7.44. The summed E-state index contributed by atoms with van der Waals surface area (Å²) in [4.78, 5) is 11.2. The molecule has 2 heteroatoms. The molecule has 0 aliphatic heterocycles. The van der Waals surface area contributed by atoms with Gasteiger partial charge >= 0.3 is 0 Å². The van der Waals surface area contributed by atoms with Crippen LogP contribution in [0.2, 0.25) is 0 Å². The minimum absolute atomic E-state index is 0.386. The van der Waals surface area contributed by atoms with Gasteiger partial charge in [-0.2, -0.15) is 0 Å². The zero-order valence-corrected chi connectivity index (χ0v) is 13.2. The fraction of sp³-hybridized carbons (Fsp3) is 0.316. The molecule has 0 aliphatic carbocycles. The molecule has 0 saturated heterocycles. The molecular weight excluding hydrogens is 258 g/mol. The predicted molar refractivity (Wildman–Crippen MR) is 88.6 cm³/mol. The normalized spacial score (nSPS) is 11.1. The monoisotopic (exact) mass is 281 g/mol. The second-order valence-electron chi connectivity index (χ2n) is 6.06. The van der Waals surface area contributed by atoms with Crippen molar-refractivity contribution in [3.05, 3.63) is 59.2 Å². The van der Waals surface area contributed by atoms with E-state index in [1.54, 1.807) is 12.1 Å². The highest BCUT2D eigenvalue weighted by atomic mass is 16.1. The summed E-state index contributed by atoms with van der Waals surface area (Å²) >= 11 is 0. The van der Waals surface area contributed by atoms with Crippen molar-refractivity contribution < 1.29 is 4.79 Å². The average Bonchev–Trinajstić information content (AvgIpc) is 2.46. The van der Waals surface area contributed by atoms with Gasteiger partial charge in [-0.15, -0.1) is 0 Å². The Labute approximate surface area is 127 Å². The van der Waals surface area contributed by atoms with Crippen LogP contribution in [-0.4, -0.2) is 5.91 Å². The SMILES string of the molecule is CC(C)c1cccc(C(C)C)c1-c1ccc(C(N)=O)cc1. The Hall–Kier alpha value is -2.09. The van der Waals surface area contributed by atoms with Gasteiger partial charge in [-0.25, -0.2) is 0 Å². The Balaban J connectivity index is 2.62. The molecular formula is C19H23NO. The summed E-state index contributed by atoms with van der Waals surface area (Å²) < 4.78 is 0. The molecule has 110 valence electrons. The summed E-state index contributed by atoms with van der Waals surface area (Å²) in [5.74, 6) is 0.520. The molecule has 1 amide bonds. The molecule has 0 aliphatic rings. The minimum Gasteiger partial charge on any atom is -0.366 e. The van der Waals surface area contributed by atoms with Crippen molar-refractivity contribution in [3.63, 3.8) is 0 Å². The van der Waals surface area contributed by atoms with E-state index in [1.807, 2.05) is 12.1 Å². The van der Waals surface area contributed by atoms with E-state index in [2.05, 4.69) is 45.9 Å². The number of rotatable bonds is 4. The van der Waals surface area contributed by atoms with Gasteiger partial charge in [0.05, 0.1) is 0 Å². The molecule has 0 atom stereocenters. The molecule has 0 aromatic heterocycles. The third kappa shape index (κ3) is 3.15. The van der Waals surface area contributed by atoms with Gasteiger partial charge in [-0.05, 0) is 46.2 Å². The third-order valence-corrected chi connectivity index (χ3v) is 3.83. The van der Waals surface area contributed by atoms with Crippen LogP contribution in [0, 0.1) is 0 Å². The Morgan fingerprint density at radius 2 is 1.33 bits per heavy atom. The summed E-state index contributed by atoms with van der Waals surface area (Å²) in [5, 5.41) is 0. The van der Waals surface area contributed by atoms with Gasteiger partial charge in [0.15, 0.2) is 0 Å². The van der Waals surface area contributed by atoms with Crippen LogP contribution in [0.25, 0.3) is 11.1 Å². The van der Waals surface area contributed by atoms with Crippen molar-refractivity contribution in [1.82, 2.24) is 0 Å². The first-order valence-corrected chi connectivity index (χ1v) is 7.44. The highest BCUT2D eigenvalue weighted by molar-refractivity contribution is 5.93. The fourth-order valence-corrected chi connectivity index (χ4v) is 2.69.